The summed E-state index contributed by atoms with van der Waals surface area (Å²) in [5.41, 5.74) is 3.59. The molecule has 0 unspecified atom stereocenters. The van der Waals surface area contributed by atoms with E-state index in [9.17, 15) is 0 Å². The second-order valence-corrected chi connectivity index (χ2v) is 6.88. The summed E-state index contributed by atoms with van der Waals surface area (Å²) in [6.07, 6.45) is 2.57. The Bertz CT molecular complexity index is 666. The van der Waals surface area contributed by atoms with E-state index < -0.39 is 0 Å². The van der Waals surface area contributed by atoms with Crippen molar-refractivity contribution in [3.8, 4) is 11.5 Å². The van der Waals surface area contributed by atoms with Crippen molar-refractivity contribution in [1.29, 1.82) is 0 Å². The minimum absolute atomic E-state index is 0.531. The molecule has 122 valence electrons. The van der Waals surface area contributed by atoms with E-state index in [0.29, 0.717) is 12.6 Å². The zero-order chi connectivity index (χ0) is 16.2. The molecule has 0 amide bonds. The predicted octanol–water partition coefficient (Wildman–Crippen LogP) is 4.60. The number of halogens is 1. The molecule has 0 spiro atoms. The second kappa shape index (κ2) is 7.37. The molecule has 0 heterocycles. The summed E-state index contributed by atoms with van der Waals surface area (Å²) in [7, 11) is 1.68. The summed E-state index contributed by atoms with van der Waals surface area (Å²) >= 11 is 3.64. The Balaban J connectivity index is 1.69. The number of aryl methyl sites for hydroxylation is 1. The second-order valence-electron chi connectivity index (χ2n) is 6.02. The fraction of sp³-hybridized carbons (Fsp3) is 0.368. The van der Waals surface area contributed by atoms with Crippen LogP contribution in [0.25, 0.3) is 0 Å². The SMILES string of the molecule is COc1cc(CNC2CC2)c(Br)cc1OCc1ccc(C)cc1. The molecule has 4 heteroatoms. The van der Waals surface area contributed by atoms with E-state index in [1.165, 1.54) is 24.0 Å². The highest BCUT2D eigenvalue weighted by Crippen LogP contribution is 2.34. The van der Waals surface area contributed by atoms with Crippen LogP contribution in [0.15, 0.2) is 40.9 Å². The van der Waals surface area contributed by atoms with Crippen LogP contribution < -0.4 is 14.8 Å². The van der Waals surface area contributed by atoms with Gasteiger partial charge < -0.3 is 14.8 Å². The molecule has 1 N–H and O–H groups in total. The zero-order valence-corrected chi connectivity index (χ0v) is 15.2. The van der Waals surface area contributed by atoms with E-state index in [2.05, 4.69) is 52.4 Å². The standard InChI is InChI=1S/C19H22BrNO2/c1-13-3-5-14(6-4-13)12-23-19-10-17(20)15(9-18(19)22-2)11-21-16-7-8-16/h3-6,9-10,16,21H,7-8,11-12H2,1-2H3. The normalized spacial score (nSPS) is 13.9. The van der Waals surface area contributed by atoms with Crippen LogP contribution in [0.5, 0.6) is 11.5 Å². The summed E-state index contributed by atoms with van der Waals surface area (Å²) in [4.78, 5) is 0. The molecular weight excluding hydrogens is 354 g/mol. The van der Waals surface area contributed by atoms with Crippen LogP contribution in [0.2, 0.25) is 0 Å². The Hall–Kier alpha value is -1.52. The van der Waals surface area contributed by atoms with Gasteiger partial charge in [-0.15, -0.1) is 0 Å². The molecule has 23 heavy (non-hydrogen) atoms. The first-order valence-corrected chi connectivity index (χ1v) is 8.73. The van der Waals surface area contributed by atoms with Gasteiger partial charge in [-0.3, -0.25) is 0 Å². The first-order chi connectivity index (χ1) is 11.2. The molecule has 2 aromatic rings. The topological polar surface area (TPSA) is 30.5 Å². The highest BCUT2D eigenvalue weighted by Gasteiger charge is 2.21. The molecule has 0 atom stereocenters. The molecule has 1 fully saturated rings. The molecule has 1 aliphatic rings. The van der Waals surface area contributed by atoms with Gasteiger partial charge in [0, 0.05) is 17.1 Å². The van der Waals surface area contributed by atoms with Gasteiger partial charge in [-0.1, -0.05) is 45.8 Å². The zero-order valence-electron chi connectivity index (χ0n) is 13.6. The lowest BCUT2D eigenvalue weighted by molar-refractivity contribution is 0.284. The van der Waals surface area contributed by atoms with Gasteiger partial charge in [0.25, 0.3) is 0 Å². The maximum Gasteiger partial charge on any atom is 0.162 e. The lowest BCUT2D eigenvalue weighted by atomic mass is 10.1. The third-order valence-electron chi connectivity index (χ3n) is 4.01. The first kappa shape index (κ1) is 16.3. The van der Waals surface area contributed by atoms with Crippen molar-refractivity contribution < 1.29 is 9.47 Å². The predicted molar refractivity (Wildman–Crippen MR) is 96.1 cm³/mol. The highest BCUT2D eigenvalue weighted by molar-refractivity contribution is 9.10. The summed E-state index contributed by atoms with van der Waals surface area (Å²) in [5, 5.41) is 3.52. The van der Waals surface area contributed by atoms with E-state index in [1.807, 2.05) is 12.1 Å². The summed E-state index contributed by atoms with van der Waals surface area (Å²) < 4.78 is 12.5. The molecule has 1 saturated carbocycles. The van der Waals surface area contributed by atoms with Gasteiger partial charge in [-0.25, -0.2) is 0 Å². The number of hydrogen-bond acceptors (Lipinski definition) is 3. The summed E-state index contributed by atoms with van der Waals surface area (Å²) in [6.45, 7) is 3.46. The number of ether oxygens (including phenoxy) is 2. The number of nitrogens with one attached hydrogen (secondary N) is 1. The van der Waals surface area contributed by atoms with E-state index in [-0.39, 0.29) is 0 Å². The largest absolute Gasteiger partial charge is 0.493 e. The van der Waals surface area contributed by atoms with Crippen molar-refractivity contribution in [2.75, 3.05) is 7.11 Å². The Morgan fingerprint density at radius 2 is 1.87 bits per heavy atom. The third kappa shape index (κ3) is 4.49. The minimum atomic E-state index is 0.531. The average molecular weight is 376 g/mol. The molecule has 2 aromatic carbocycles. The Morgan fingerprint density at radius 1 is 1.13 bits per heavy atom. The molecule has 3 nitrogen and oxygen atoms in total. The van der Waals surface area contributed by atoms with Gasteiger partial charge in [0.2, 0.25) is 0 Å². The van der Waals surface area contributed by atoms with E-state index in [0.717, 1.165) is 28.1 Å². The Morgan fingerprint density at radius 3 is 2.52 bits per heavy atom. The van der Waals surface area contributed by atoms with Crippen molar-refractivity contribution in [3.63, 3.8) is 0 Å². The fourth-order valence-corrected chi connectivity index (χ4v) is 2.83. The van der Waals surface area contributed by atoms with E-state index >= 15 is 0 Å². The van der Waals surface area contributed by atoms with Crippen LogP contribution in [0.3, 0.4) is 0 Å². The molecule has 0 aromatic heterocycles. The maximum atomic E-state index is 5.95. The van der Waals surface area contributed by atoms with Crippen molar-refractivity contribution in [2.45, 2.75) is 39.0 Å². The fourth-order valence-electron chi connectivity index (χ4n) is 2.37. The van der Waals surface area contributed by atoms with Gasteiger partial charge in [0.15, 0.2) is 11.5 Å². The van der Waals surface area contributed by atoms with Crippen LogP contribution >= 0.6 is 15.9 Å². The van der Waals surface area contributed by atoms with Gasteiger partial charge in [0.1, 0.15) is 6.61 Å². The van der Waals surface area contributed by atoms with Crippen molar-refractivity contribution in [1.82, 2.24) is 5.32 Å². The van der Waals surface area contributed by atoms with Crippen LogP contribution in [-0.2, 0) is 13.2 Å². The molecule has 0 bridgehead atoms. The molecule has 0 radical (unpaired) electrons. The maximum absolute atomic E-state index is 5.95. The number of benzene rings is 2. The van der Waals surface area contributed by atoms with Gasteiger partial charge >= 0.3 is 0 Å². The van der Waals surface area contributed by atoms with Gasteiger partial charge in [-0.05, 0) is 43.0 Å². The Labute approximate surface area is 146 Å². The van der Waals surface area contributed by atoms with E-state index in [1.54, 1.807) is 7.11 Å². The highest BCUT2D eigenvalue weighted by atomic mass is 79.9. The van der Waals surface area contributed by atoms with Crippen LogP contribution in [0.1, 0.15) is 29.5 Å². The minimum Gasteiger partial charge on any atom is -0.493 e. The number of rotatable bonds is 7. The molecular formula is C19H22BrNO2. The monoisotopic (exact) mass is 375 g/mol. The number of hydrogen-bond donors (Lipinski definition) is 1. The smallest absolute Gasteiger partial charge is 0.162 e. The summed E-state index contributed by atoms with van der Waals surface area (Å²) in [5.74, 6) is 1.53. The molecule has 1 aliphatic carbocycles. The lowest BCUT2D eigenvalue weighted by Crippen LogP contribution is -2.15. The van der Waals surface area contributed by atoms with Crippen molar-refractivity contribution in [2.24, 2.45) is 0 Å². The van der Waals surface area contributed by atoms with E-state index in [4.69, 9.17) is 9.47 Å². The Kier molecular flexibility index (Phi) is 5.23. The van der Waals surface area contributed by atoms with Crippen molar-refractivity contribution in [3.05, 3.63) is 57.6 Å². The molecule has 3 rings (SSSR count). The third-order valence-corrected chi connectivity index (χ3v) is 4.74. The van der Waals surface area contributed by atoms with Crippen LogP contribution in [-0.4, -0.2) is 13.2 Å². The lowest BCUT2D eigenvalue weighted by Gasteiger charge is -2.14. The van der Waals surface area contributed by atoms with Crippen LogP contribution in [0, 0.1) is 6.92 Å². The first-order valence-electron chi connectivity index (χ1n) is 7.94. The van der Waals surface area contributed by atoms with Gasteiger partial charge in [0.05, 0.1) is 7.11 Å². The average Bonchev–Trinajstić information content (AvgIpc) is 3.37. The number of methoxy groups -OCH3 is 1. The quantitative estimate of drug-likeness (QED) is 0.766. The molecule has 0 aliphatic heterocycles. The summed E-state index contributed by atoms with van der Waals surface area (Å²) in [6, 6.07) is 13.1. The van der Waals surface area contributed by atoms with Crippen molar-refractivity contribution >= 4 is 15.9 Å². The van der Waals surface area contributed by atoms with Crippen LogP contribution in [0.4, 0.5) is 0 Å². The van der Waals surface area contributed by atoms with Gasteiger partial charge in [-0.2, -0.15) is 0 Å². The molecule has 0 saturated heterocycles.